The fourth-order valence-corrected chi connectivity index (χ4v) is 3.56. The lowest BCUT2D eigenvalue weighted by atomic mass is 9.95. The fraction of sp³-hybridized carbons (Fsp3) is 0.143. The van der Waals surface area contributed by atoms with E-state index in [9.17, 15) is 26.3 Å². The van der Waals surface area contributed by atoms with Crippen molar-refractivity contribution in [2.24, 2.45) is 0 Å². The summed E-state index contributed by atoms with van der Waals surface area (Å²) >= 11 is 3.24. The van der Waals surface area contributed by atoms with Crippen LogP contribution in [0.25, 0.3) is 11.1 Å². The van der Waals surface area contributed by atoms with E-state index in [1.54, 1.807) is 45.2 Å². The molecule has 22 heavy (non-hydrogen) atoms. The van der Waals surface area contributed by atoms with Crippen LogP contribution in [0.4, 0.5) is 26.3 Å². The van der Waals surface area contributed by atoms with Gasteiger partial charge in [-0.2, -0.15) is 26.3 Å². The second-order valence-electron chi connectivity index (χ2n) is 4.32. The second-order valence-corrected chi connectivity index (χ2v) is 6.64. The lowest BCUT2D eigenvalue weighted by Crippen LogP contribution is -2.13. The van der Waals surface area contributed by atoms with E-state index in [-0.39, 0.29) is 7.14 Å². The van der Waals surface area contributed by atoms with E-state index in [0.29, 0.717) is 0 Å². The number of halogens is 8. The van der Waals surface area contributed by atoms with Gasteiger partial charge in [-0.25, -0.2) is 0 Å². The summed E-state index contributed by atoms with van der Waals surface area (Å²) in [5.41, 5.74) is -3.02. The molecule has 0 unspecified atom stereocenters. The molecular weight excluding hydrogens is 536 g/mol. The molecule has 0 N–H and O–H groups in total. The molecule has 118 valence electrons. The van der Waals surface area contributed by atoms with Gasteiger partial charge in [-0.3, -0.25) is 0 Å². The van der Waals surface area contributed by atoms with Crippen molar-refractivity contribution in [2.75, 3.05) is 0 Å². The Bertz CT molecular complexity index is 642. The lowest BCUT2D eigenvalue weighted by molar-refractivity contribution is -0.139. The van der Waals surface area contributed by atoms with Gasteiger partial charge in [0.2, 0.25) is 0 Å². The highest BCUT2D eigenvalue weighted by Crippen LogP contribution is 2.45. The van der Waals surface area contributed by atoms with Crippen molar-refractivity contribution in [3.8, 4) is 11.1 Å². The zero-order valence-electron chi connectivity index (χ0n) is 10.5. The minimum absolute atomic E-state index is 0.113. The topological polar surface area (TPSA) is 0 Å². The van der Waals surface area contributed by atoms with E-state index in [2.05, 4.69) is 0 Å². The first-order valence-electron chi connectivity index (χ1n) is 5.75. The fourth-order valence-electron chi connectivity index (χ4n) is 2.03. The van der Waals surface area contributed by atoms with Crippen LogP contribution in [0.2, 0.25) is 0 Å². The predicted octanol–water partition coefficient (Wildman–Crippen LogP) is 6.60. The van der Waals surface area contributed by atoms with Crippen LogP contribution in [0.3, 0.4) is 0 Å². The number of hydrogen-bond donors (Lipinski definition) is 0. The minimum atomic E-state index is -4.74. The van der Waals surface area contributed by atoms with Crippen LogP contribution >= 0.6 is 45.2 Å². The van der Waals surface area contributed by atoms with Crippen molar-refractivity contribution in [2.45, 2.75) is 12.4 Å². The normalized spacial score (nSPS) is 12.5. The first-order chi connectivity index (χ1) is 10.0. The third-order valence-electron chi connectivity index (χ3n) is 2.89. The van der Waals surface area contributed by atoms with Gasteiger partial charge in [-0.15, -0.1) is 0 Å². The first kappa shape index (κ1) is 17.8. The van der Waals surface area contributed by atoms with Gasteiger partial charge in [0.25, 0.3) is 0 Å². The number of hydrogen-bond acceptors (Lipinski definition) is 0. The first-order valence-corrected chi connectivity index (χ1v) is 7.91. The Morgan fingerprint density at radius 1 is 0.591 bits per heavy atom. The van der Waals surface area contributed by atoms with Crippen LogP contribution in [-0.4, -0.2) is 0 Å². The maximum Gasteiger partial charge on any atom is 0.417 e. The number of rotatable bonds is 1. The van der Waals surface area contributed by atoms with Crippen LogP contribution in [-0.2, 0) is 12.4 Å². The Balaban J connectivity index is 2.90. The predicted molar refractivity (Wildman–Crippen MR) is 87.3 cm³/mol. The van der Waals surface area contributed by atoms with E-state index in [1.807, 2.05) is 0 Å². The van der Waals surface area contributed by atoms with Crippen molar-refractivity contribution in [1.82, 2.24) is 0 Å². The van der Waals surface area contributed by atoms with Gasteiger partial charge in [0, 0.05) is 18.3 Å². The van der Waals surface area contributed by atoms with E-state index < -0.39 is 34.6 Å². The third kappa shape index (κ3) is 3.52. The molecule has 0 spiro atoms. The summed E-state index contributed by atoms with van der Waals surface area (Å²) in [7, 11) is 0. The highest BCUT2D eigenvalue weighted by molar-refractivity contribution is 14.1. The summed E-state index contributed by atoms with van der Waals surface area (Å²) in [5, 5.41) is 0. The van der Waals surface area contributed by atoms with Crippen LogP contribution in [0, 0.1) is 7.14 Å². The molecule has 0 saturated heterocycles. The Morgan fingerprint density at radius 2 is 0.909 bits per heavy atom. The van der Waals surface area contributed by atoms with Gasteiger partial charge in [0.15, 0.2) is 0 Å². The molecule has 0 saturated carbocycles. The molecule has 0 aromatic heterocycles. The highest BCUT2D eigenvalue weighted by Gasteiger charge is 2.39. The molecule has 0 aliphatic heterocycles. The van der Waals surface area contributed by atoms with Gasteiger partial charge >= 0.3 is 12.4 Å². The molecule has 0 radical (unpaired) electrons. The van der Waals surface area contributed by atoms with E-state index in [1.165, 1.54) is 24.3 Å². The molecule has 0 fully saturated rings. The molecule has 0 nitrogen and oxygen atoms in total. The summed E-state index contributed by atoms with van der Waals surface area (Å²) in [5.74, 6) is 0. The Morgan fingerprint density at radius 3 is 1.18 bits per heavy atom. The standard InChI is InChI=1S/C14H6F6I2/c15-13(16,17)7-3-1-5-9(21)11(7)12-8(14(18,19)20)4-2-6-10(12)22/h1-6H. The van der Waals surface area contributed by atoms with Crippen molar-refractivity contribution >= 4 is 45.2 Å². The maximum atomic E-state index is 13.2. The number of alkyl halides is 6. The van der Waals surface area contributed by atoms with Gasteiger partial charge in [-0.05, 0) is 69.4 Å². The highest BCUT2D eigenvalue weighted by atomic mass is 127. The molecule has 8 heteroatoms. The van der Waals surface area contributed by atoms with Crippen molar-refractivity contribution in [3.63, 3.8) is 0 Å². The zero-order valence-corrected chi connectivity index (χ0v) is 14.8. The molecule has 0 heterocycles. The summed E-state index contributed by atoms with van der Waals surface area (Å²) in [6.45, 7) is 0. The van der Waals surface area contributed by atoms with Crippen molar-refractivity contribution < 1.29 is 26.3 Å². The molecule has 0 bridgehead atoms. The Hall–Kier alpha value is -0.520. The molecule has 2 aromatic rings. The largest absolute Gasteiger partial charge is 0.417 e. The number of benzene rings is 2. The lowest BCUT2D eigenvalue weighted by Gasteiger charge is -2.20. The third-order valence-corrected chi connectivity index (χ3v) is 4.69. The van der Waals surface area contributed by atoms with E-state index in [0.717, 1.165) is 12.1 Å². The summed E-state index contributed by atoms with van der Waals surface area (Å²) in [4.78, 5) is 0. The zero-order chi connectivity index (χ0) is 16.7. The van der Waals surface area contributed by atoms with Gasteiger partial charge in [0.05, 0.1) is 11.1 Å². The molecule has 0 aliphatic rings. The monoisotopic (exact) mass is 542 g/mol. The summed E-state index contributed by atoms with van der Waals surface area (Å²) in [6, 6.07) is 6.65. The van der Waals surface area contributed by atoms with Gasteiger partial charge in [0.1, 0.15) is 0 Å². The molecule has 0 atom stereocenters. The minimum Gasteiger partial charge on any atom is -0.166 e. The Labute approximate surface area is 149 Å². The van der Waals surface area contributed by atoms with Gasteiger partial charge < -0.3 is 0 Å². The van der Waals surface area contributed by atoms with E-state index in [4.69, 9.17) is 0 Å². The van der Waals surface area contributed by atoms with Crippen LogP contribution in [0.5, 0.6) is 0 Å². The average Bonchev–Trinajstić information content (AvgIpc) is 2.36. The van der Waals surface area contributed by atoms with Crippen LogP contribution in [0.1, 0.15) is 11.1 Å². The quantitative estimate of drug-likeness (QED) is 0.282. The molecule has 0 amide bonds. The maximum absolute atomic E-state index is 13.2. The summed E-state index contributed by atoms with van der Waals surface area (Å²) in [6.07, 6.45) is -9.48. The van der Waals surface area contributed by atoms with Crippen molar-refractivity contribution in [1.29, 1.82) is 0 Å². The van der Waals surface area contributed by atoms with Gasteiger partial charge in [-0.1, -0.05) is 12.1 Å². The second kappa shape index (κ2) is 6.17. The molecule has 2 aromatic carbocycles. The average molecular weight is 542 g/mol. The van der Waals surface area contributed by atoms with Crippen LogP contribution in [0.15, 0.2) is 36.4 Å². The van der Waals surface area contributed by atoms with Crippen LogP contribution < -0.4 is 0 Å². The smallest absolute Gasteiger partial charge is 0.166 e. The summed E-state index contributed by atoms with van der Waals surface area (Å²) < 4.78 is 79.3. The molecular formula is C14H6F6I2. The molecule has 2 rings (SSSR count). The molecule has 0 aliphatic carbocycles. The van der Waals surface area contributed by atoms with Crippen molar-refractivity contribution in [3.05, 3.63) is 54.7 Å². The Kier molecular flexibility index (Phi) is 5.00. The SMILES string of the molecule is FC(F)(F)c1cccc(I)c1-c1c(I)cccc1C(F)(F)F. The van der Waals surface area contributed by atoms with E-state index >= 15 is 0 Å².